The summed E-state index contributed by atoms with van der Waals surface area (Å²) in [5.74, 6) is 0.524. The first-order valence-corrected chi connectivity index (χ1v) is 14.2. The van der Waals surface area contributed by atoms with Crippen LogP contribution < -0.4 is 15.8 Å². The first-order valence-electron chi connectivity index (χ1n) is 13.4. The normalized spacial score (nSPS) is 13.9. The standard InChI is InChI=1S/C29H33BrFN7O3/c1-17-6-5-7-22(36-17)40-21-9-8-19(12-20(21)31)23-24-26(32)34-16-35-27(24)38(25(23)30)11-10-33-13-18-14-37(15-18)28(39)41-29(2,3)4/h5-9,12,16,18,33H,10-11,13-15H2,1-4H3,(H2,32,34,35). The molecule has 1 aromatic carbocycles. The number of nitrogens with zero attached hydrogens (tertiary/aromatic N) is 5. The van der Waals surface area contributed by atoms with Gasteiger partial charge in [0.25, 0.3) is 0 Å². The van der Waals surface area contributed by atoms with Crippen LogP contribution in [0.25, 0.3) is 22.2 Å². The number of anilines is 1. The van der Waals surface area contributed by atoms with Crippen molar-refractivity contribution in [3.63, 3.8) is 0 Å². The fourth-order valence-electron chi connectivity index (χ4n) is 4.73. The van der Waals surface area contributed by atoms with Gasteiger partial charge < -0.3 is 30.0 Å². The largest absolute Gasteiger partial charge is 0.444 e. The highest BCUT2D eigenvalue weighted by molar-refractivity contribution is 9.10. The Morgan fingerprint density at radius 2 is 2.00 bits per heavy atom. The average Bonchev–Trinajstić information content (AvgIpc) is 3.15. The van der Waals surface area contributed by atoms with Gasteiger partial charge in [0.15, 0.2) is 11.6 Å². The number of ether oxygens (including phenoxy) is 2. The second kappa shape index (κ2) is 11.6. The quantitative estimate of drug-likeness (QED) is 0.245. The highest BCUT2D eigenvalue weighted by Crippen LogP contribution is 2.41. The number of nitrogens with two attached hydrogens (primary N) is 1. The zero-order valence-corrected chi connectivity index (χ0v) is 25.0. The van der Waals surface area contributed by atoms with E-state index in [0.717, 1.165) is 16.8 Å². The maximum absolute atomic E-state index is 15.2. The summed E-state index contributed by atoms with van der Waals surface area (Å²) in [5, 5.41) is 4.10. The van der Waals surface area contributed by atoms with E-state index in [0.29, 0.717) is 66.0 Å². The summed E-state index contributed by atoms with van der Waals surface area (Å²) in [5.41, 5.74) is 8.51. The second-order valence-electron chi connectivity index (χ2n) is 11.1. The third kappa shape index (κ3) is 6.43. The molecule has 216 valence electrons. The van der Waals surface area contributed by atoms with E-state index in [2.05, 4.69) is 36.2 Å². The van der Waals surface area contributed by atoms with E-state index in [1.54, 1.807) is 29.2 Å². The summed E-state index contributed by atoms with van der Waals surface area (Å²) in [6.07, 6.45) is 1.15. The van der Waals surface area contributed by atoms with E-state index in [1.807, 2.05) is 38.3 Å². The van der Waals surface area contributed by atoms with Crippen molar-refractivity contribution in [2.75, 3.05) is 31.9 Å². The van der Waals surface area contributed by atoms with Gasteiger partial charge in [0.05, 0.1) is 9.99 Å². The van der Waals surface area contributed by atoms with E-state index in [9.17, 15) is 4.79 Å². The zero-order valence-electron chi connectivity index (χ0n) is 23.4. The molecule has 3 N–H and O–H groups in total. The third-order valence-corrected chi connectivity index (χ3v) is 7.48. The first kappa shape index (κ1) is 28.7. The summed E-state index contributed by atoms with van der Waals surface area (Å²) in [4.78, 5) is 26.8. The van der Waals surface area contributed by atoms with Crippen LogP contribution in [-0.4, -0.2) is 62.3 Å². The average molecular weight is 627 g/mol. The lowest BCUT2D eigenvalue weighted by Crippen LogP contribution is -2.54. The number of aromatic nitrogens is 4. The van der Waals surface area contributed by atoms with Crippen LogP contribution in [0.1, 0.15) is 26.5 Å². The van der Waals surface area contributed by atoms with Gasteiger partial charge in [-0.3, -0.25) is 0 Å². The number of benzene rings is 1. The fourth-order valence-corrected chi connectivity index (χ4v) is 5.50. The molecule has 0 radical (unpaired) electrons. The number of rotatable bonds is 8. The van der Waals surface area contributed by atoms with E-state index >= 15 is 4.39 Å². The molecular weight excluding hydrogens is 593 g/mol. The van der Waals surface area contributed by atoms with Gasteiger partial charge in [0, 0.05) is 56.0 Å². The molecule has 12 heteroatoms. The molecule has 10 nitrogen and oxygen atoms in total. The number of nitrogen functional groups attached to an aromatic ring is 1. The molecule has 1 fully saturated rings. The molecule has 0 atom stereocenters. The highest BCUT2D eigenvalue weighted by Gasteiger charge is 2.33. The molecule has 0 spiro atoms. The molecule has 4 heterocycles. The van der Waals surface area contributed by atoms with Crippen LogP contribution in [-0.2, 0) is 11.3 Å². The number of halogens is 2. The van der Waals surface area contributed by atoms with Gasteiger partial charge in [-0.1, -0.05) is 12.1 Å². The Balaban J connectivity index is 1.28. The predicted molar refractivity (Wildman–Crippen MR) is 158 cm³/mol. The number of carbonyl (C=O) groups is 1. The zero-order chi connectivity index (χ0) is 29.3. The minimum Gasteiger partial charge on any atom is -0.444 e. The van der Waals surface area contributed by atoms with Gasteiger partial charge in [0.2, 0.25) is 5.88 Å². The molecule has 1 aliphatic rings. The molecule has 4 aromatic rings. The van der Waals surface area contributed by atoms with Crippen molar-refractivity contribution in [3.8, 4) is 22.8 Å². The molecule has 41 heavy (non-hydrogen) atoms. The third-order valence-electron chi connectivity index (χ3n) is 6.66. The van der Waals surface area contributed by atoms with Gasteiger partial charge in [-0.05, 0) is 67.4 Å². The molecular formula is C29H33BrFN7O3. The van der Waals surface area contributed by atoms with Crippen LogP contribution in [0.15, 0.2) is 47.3 Å². The number of hydrogen-bond donors (Lipinski definition) is 2. The molecule has 0 unspecified atom stereocenters. The number of carbonyl (C=O) groups excluding carboxylic acids is 1. The summed E-state index contributed by atoms with van der Waals surface area (Å²) >= 11 is 3.71. The monoisotopic (exact) mass is 625 g/mol. The van der Waals surface area contributed by atoms with E-state index in [1.165, 1.54) is 12.4 Å². The SMILES string of the molecule is Cc1cccc(Oc2ccc(-c3c(Br)n(CCNCC4CN(C(=O)OC(C)(C)C)C4)c4ncnc(N)c34)cc2F)n1. The minimum absolute atomic E-state index is 0.0707. The number of hydrogen-bond acceptors (Lipinski definition) is 8. The molecule has 0 bridgehead atoms. The molecule has 1 amide bonds. The number of aryl methyl sites for hydroxylation is 1. The number of amides is 1. The van der Waals surface area contributed by atoms with E-state index in [-0.39, 0.29) is 11.8 Å². The van der Waals surface area contributed by atoms with Crippen molar-refractivity contribution in [2.45, 2.75) is 39.8 Å². The molecule has 5 rings (SSSR count). The van der Waals surface area contributed by atoms with Crippen LogP contribution in [0.2, 0.25) is 0 Å². The van der Waals surface area contributed by atoms with Crippen LogP contribution in [0.3, 0.4) is 0 Å². The summed E-state index contributed by atoms with van der Waals surface area (Å²) in [6, 6.07) is 10.1. The van der Waals surface area contributed by atoms with Gasteiger partial charge in [-0.2, -0.15) is 0 Å². The van der Waals surface area contributed by atoms with Crippen molar-refractivity contribution in [2.24, 2.45) is 5.92 Å². The first-order chi connectivity index (χ1) is 19.5. The van der Waals surface area contributed by atoms with Crippen LogP contribution >= 0.6 is 15.9 Å². The smallest absolute Gasteiger partial charge is 0.410 e. The lowest BCUT2D eigenvalue weighted by molar-refractivity contribution is -0.000752. The van der Waals surface area contributed by atoms with Gasteiger partial charge in [0.1, 0.15) is 23.4 Å². The van der Waals surface area contributed by atoms with Crippen LogP contribution in [0, 0.1) is 18.7 Å². The van der Waals surface area contributed by atoms with Crippen molar-refractivity contribution >= 4 is 38.9 Å². The Hall–Kier alpha value is -3.77. The van der Waals surface area contributed by atoms with E-state index in [4.69, 9.17) is 15.2 Å². The van der Waals surface area contributed by atoms with Crippen LogP contribution in [0.5, 0.6) is 11.6 Å². The van der Waals surface area contributed by atoms with Gasteiger partial charge in [-0.25, -0.2) is 24.1 Å². The van der Waals surface area contributed by atoms with Crippen molar-refractivity contribution in [1.29, 1.82) is 0 Å². The van der Waals surface area contributed by atoms with Crippen molar-refractivity contribution in [3.05, 3.63) is 58.8 Å². The number of nitrogens with one attached hydrogen (secondary N) is 1. The number of pyridine rings is 1. The van der Waals surface area contributed by atoms with Crippen LogP contribution in [0.4, 0.5) is 15.0 Å². The summed E-state index contributed by atoms with van der Waals surface area (Å²) in [6.45, 7) is 10.8. The number of fused-ring (bicyclic) bond motifs is 1. The fraction of sp³-hybridized carbons (Fsp3) is 0.379. The predicted octanol–water partition coefficient (Wildman–Crippen LogP) is 5.53. The second-order valence-corrected chi connectivity index (χ2v) is 11.8. The minimum atomic E-state index is -0.531. The van der Waals surface area contributed by atoms with E-state index < -0.39 is 11.4 Å². The Morgan fingerprint density at radius 3 is 2.71 bits per heavy atom. The molecule has 1 saturated heterocycles. The van der Waals surface area contributed by atoms with Crippen molar-refractivity contribution in [1.82, 2.24) is 29.7 Å². The Kier molecular flexibility index (Phi) is 8.14. The maximum atomic E-state index is 15.2. The Labute approximate surface area is 246 Å². The molecule has 3 aromatic heterocycles. The molecule has 0 saturated carbocycles. The lowest BCUT2D eigenvalue weighted by Gasteiger charge is -2.39. The summed E-state index contributed by atoms with van der Waals surface area (Å²) < 4.78 is 29.0. The molecule has 0 aliphatic carbocycles. The van der Waals surface area contributed by atoms with Gasteiger partial charge in [-0.15, -0.1) is 0 Å². The Morgan fingerprint density at radius 1 is 1.22 bits per heavy atom. The topological polar surface area (TPSA) is 120 Å². The molecule has 1 aliphatic heterocycles. The maximum Gasteiger partial charge on any atom is 0.410 e. The Bertz CT molecular complexity index is 1580. The van der Waals surface area contributed by atoms with Gasteiger partial charge >= 0.3 is 6.09 Å². The van der Waals surface area contributed by atoms with Crippen molar-refractivity contribution < 1.29 is 18.7 Å². The highest BCUT2D eigenvalue weighted by atomic mass is 79.9. The summed E-state index contributed by atoms with van der Waals surface area (Å²) in [7, 11) is 0. The lowest BCUT2D eigenvalue weighted by atomic mass is 10.0. The number of likely N-dealkylation sites (tertiary alicyclic amines) is 1.